The lowest BCUT2D eigenvalue weighted by Crippen LogP contribution is -2.30. The minimum atomic E-state index is -0.283. The van der Waals surface area contributed by atoms with E-state index in [4.69, 9.17) is 14.7 Å². The Hall–Kier alpha value is -0.590. The first-order valence-corrected chi connectivity index (χ1v) is 4.06. The van der Waals surface area contributed by atoms with Crippen LogP contribution < -0.4 is 0 Å². The topological polar surface area (TPSA) is 45.5 Å². The molecule has 1 rings (SSSR count). The van der Waals surface area contributed by atoms with E-state index in [9.17, 15) is 0 Å². The third-order valence-electron chi connectivity index (χ3n) is 2.33. The van der Waals surface area contributed by atoms with Gasteiger partial charge < -0.3 is 9.47 Å². The van der Waals surface area contributed by atoms with Gasteiger partial charge in [0.15, 0.2) is 6.10 Å². The molecule has 1 heterocycles. The van der Waals surface area contributed by atoms with E-state index in [1.54, 1.807) is 7.11 Å². The van der Waals surface area contributed by atoms with E-state index in [1.807, 2.05) is 20.8 Å². The van der Waals surface area contributed by atoms with Crippen LogP contribution in [0.5, 0.6) is 0 Å². The van der Waals surface area contributed by atoms with Gasteiger partial charge in [0.1, 0.15) is 5.60 Å². The van der Waals surface area contributed by atoms with Gasteiger partial charge in [-0.1, -0.05) is 0 Å². The molecule has 1 fully saturated rings. The summed E-state index contributed by atoms with van der Waals surface area (Å²) in [6.45, 7) is 5.93. The summed E-state index contributed by atoms with van der Waals surface area (Å²) in [6, 6.07) is 2.10. The molecule has 2 atom stereocenters. The van der Waals surface area contributed by atoms with Crippen LogP contribution >= 0.6 is 0 Å². The minimum absolute atomic E-state index is 0.208. The second kappa shape index (κ2) is 2.72. The zero-order valence-corrected chi connectivity index (χ0v) is 8.05. The third-order valence-corrected chi connectivity index (χ3v) is 2.33. The Morgan fingerprint density at radius 3 is 2.58 bits per heavy atom. The van der Waals surface area contributed by atoms with Crippen LogP contribution in [0.2, 0.25) is 0 Å². The quantitative estimate of drug-likeness (QED) is 0.601. The molecule has 0 aliphatic carbocycles. The summed E-state index contributed by atoms with van der Waals surface area (Å²) in [5.74, 6) is 0. The van der Waals surface area contributed by atoms with Crippen LogP contribution in [0.1, 0.15) is 27.2 Å². The standard InChI is InChI=1S/C9H15NO2/c1-8(2,11-4)6-9(3)7(5-10)12-9/h7H,6H2,1-4H3. The summed E-state index contributed by atoms with van der Waals surface area (Å²) < 4.78 is 10.5. The summed E-state index contributed by atoms with van der Waals surface area (Å²) in [5, 5.41) is 8.60. The molecule has 0 N–H and O–H groups in total. The SMILES string of the molecule is COC(C)(C)CC1(C)OC1C#N. The van der Waals surface area contributed by atoms with Crippen LogP contribution in [-0.4, -0.2) is 24.4 Å². The maximum Gasteiger partial charge on any atom is 0.173 e. The Morgan fingerprint density at radius 2 is 2.25 bits per heavy atom. The number of hydrogen-bond acceptors (Lipinski definition) is 3. The fourth-order valence-corrected chi connectivity index (χ4v) is 1.45. The molecule has 0 aromatic heterocycles. The van der Waals surface area contributed by atoms with Crippen molar-refractivity contribution in [3.05, 3.63) is 0 Å². The molecule has 0 aromatic rings. The average Bonchev–Trinajstić information content (AvgIpc) is 2.60. The molecule has 0 saturated carbocycles. The van der Waals surface area contributed by atoms with Crippen LogP contribution in [0.15, 0.2) is 0 Å². The van der Waals surface area contributed by atoms with Gasteiger partial charge in [0.05, 0.1) is 11.7 Å². The number of methoxy groups -OCH3 is 1. The van der Waals surface area contributed by atoms with Crippen molar-refractivity contribution in [1.82, 2.24) is 0 Å². The maximum absolute atomic E-state index is 8.60. The van der Waals surface area contributed by atoms with E-state index in [-0.39, 0.29) is 17.3 Å². The van der Waals surface area contributed by atoms with Crippen molar-refractivity contribution in [2.75, 3.05) is 7.11 Å². The van der Waals surface area contributed by atoms with Crippen LogP contribution in [0.3, 0.4) is 0 Å². The van der Waals surface area contributed by atoms with Gasteiger partial charge in [-0.05, 0) is 20.8 Å². The van der Waals surface area contributed by atoms with E-state index >= 15 is 0 Å². The van der Waals surface area contributed by atoms with Crippen molar-refractivity contribution in [2.45, 2.75) is 44.5 Å². The molecule has 1 aliphatic rings. The third kappa shape index (κ3) is 1.77. The first-order chi connectivity index (χ1) is 5.43. The van der Waals surface area contributed by atoms with Crippen molar-refractivity contribution in [3.8, 4) is 6.07 Å². The van der Waals surface area contributed by atoms with Crippen molar-refractivity contribution >= 4 is 0 Å². The number of epoxide rings is 1. The maximum atomic E-state index is 8.60. The Labute approximate surface area is 73.3 Å². The molecular formula is C9H15NO2. The van der Waals surface area contributed by atoms with Crippen molar-refractivity contribution in [3.63, 3.8) is 0 Å². The largest absolute Gasteiger partial charge is 0.379 e. The highest BCUT2D eigenvalue weighted by atomic mass is 16.6. The van der Waals surface area contributed by atoms with Gasteiger partial charge in [-0.15, -0.1) is 0 Å². The minimum Gasteiger partial charge on any atom is -0.379 e. The smallest absolute Gasteiger partial charge is 0.173 e. The fourth-order valence-electron chi connectivity index (χ4n) is 1.45. The predicted octanol–water partition coefficient (Wildman–Crippen LogP) is 1.48. The molecule has 12 heavy (non-hydrogen) atoms. The first-order valence-electron chi connectivity index (χ1n) is 4.06. The number of hydrogen-bond donors (Lipinski definition) is 0. The van der Waals surface area contributed by atoms with Crippen LogP contribution in [0, 0.1) is 11.3 Å². The zero-order valence-electron chi connectivity index (χ0n) is 8.05. The van der Waals surface area contributed by atoms with Crippen LogP contribution in [0.25, 0.3) is 0 Å². The lowest BCUT2D eigenvalue weighted by atomic mass is 9.92. The second-order valence-electron chi connectivity index (χ2n) is 4.08. The van der Waals surface area contributed by atoms with Gasteiger partial charge in [0.2, 0.25) is 0 Å². The summed E-state index contributed by atoms with van der Waals surface area (Å²) in [5.41, 5.74) is -0.491. The summed E-state index contributed by atoms with van der Waals surface area (Å²) in [4.78, 5) is 0. The molecule has 68 valence electrons. The normalized spacial score (nSPS) is 34.4. The summed E-state index contributed by atoms with van der Waals surface area (Å²) >= 11 is 0. The summed E-state index contributed by atoms with van der Waals surface area (Å²) in [6.07, 6.45) is 0.515. The van der Waals surface area contributed by atoms with Gasteiger partial charge in [-0.2, -0.15) is 5.26 Å². The lowest BCUT2D eigenvalue weighted by molar-refractivity contribution is -0.00152. The molecule has 1 aliphatic heterocycles. The van der Waals surface area contributed by atoms with Crippen molar-refractivity contribution in [1.29, 1.82) is 5.26 Å². The Kier molecular flexibility index (Phi) is 2.15. The average molecular weight is 169 g/mol. The molecule has 3 heteroatoms. The number of rotatable bonds is 3. The predicted molar refractivity (Wildman–Crippen MR) is 44.6 cm³/mol. The molecule has 0 radical (unpaired) electrons. The highest BCUT2D eigenvalue weighted by Gasteiger charge is 2.55. The second-order valence-corrected chi connectivity index (χ2v) is 4.08. The monoisotopic (exact) mass is 169 g/mol. The highest BCUT2D eigenvalue weighted by Crippen LogP contribution is 2.42. The van der Waals surface area contributed by atoms with Crippen LogP contribution in [-0.2, 0) is 9.47 Å². The van der Waals surface area contributed by atoms with E-state index in [1.165, 1.54) is 0 Å². The molecule has 0 amide bonds. The van der Waals surface area contributed by atoms with E-state index in [2.05, 4.69) is 6.07 Å². The molecule has 3 nitrogen and oxygen atoms in total. The van der Waals surface area contributed by atoms with Gasteiger partial charge >= 0.3 is 0 Å². The molecule has 1 saturated heterocycles. The van der Waals surface area contributed by atoms with Gasteiger partial charge in [0, 0.05) is 13.5 Å². The molecular weight excluding hydrogens is 154 g/mol. The van der Waals surface area contributed by atoms with Crippen LogP contribution in [0.4, 0.5) is 0 Å². The fraction of sp³-hybridized carbons (Fsp3) is 0.889. The molecule has 0 bridgehead atoms. The highest BCUT2D eigenvalue weighted by molar-refractivity contribution is 5.13. The number of ether oxygens (including phenoxy) is 2. The Bertz CT molecular complexity index is 219. The van der Waals surface area contributed by atoms with Crippen molar-refractivity contribution in [2.24, 2.45) is 0 Å². The zero-order chi connectivity index (χ0) is 9.41. The first kappa shape index (κ1) is 9.50. The molecule has 2 unspecified atom stereocenters. The number of nitrogens with zero attached hydrogens (tertiary/aromatic N) is 1. The van der Waals surface area contributed by atoms with Gasteiger partial charge in [-0.25, -0.2) is 0 Å². The van der Waals surface area contributed by atoms with E-state index in [0.29, 0.717) is 0 Å². The number of nitriles is 1. The van der Waals surface area contributed by atoms with Crippen molar-refractivity contribution < 1.29 is 9.47 Å². The van der Waals surface area contributed by atoms with E-state index in [0.717, 1.165) is 6.42 Å². The van der Waals surface area contributed by atoms with Gasteiger partial charge in [-0.3, -0.25) is 0 Å². The van der Waals surface area contributed by atoms with E-state index < -0.39 is 0 Å². The summed E-state index contributed by atoms with van der Waals surface area (Å²) in [7, 11) is 1.67. The Balaban J connectivity index is 2.49. The Morgan fingerprint density at radius 1 is 1.67 bits per heavy atom. The van der Waals surface area contributed by atoms with Gasteiger partial charge in [0.25, 0.3) is 0 Å². The lowest BCUT2D eigenvalue weighted by Gasteiger charge is -2.24. The molecule has 0 aromatic carbocycles. The molecule has 0 spiro atoms.